The maximum absolute atomic E-state index is 12.1. The number of halogens is 1. The Kier molecular flexibility index (Phi) is 4.83. The van der Waals surface area contributed by atoms with Crippen molar-refractivity contribution in [3.8, 4) is 0 Å². The zero-order valence-corrected chi connectivity index (χ0v) is 13.9. The summed E-state index contributed by atoms with van der Waals surface area (Å²) in [6, 6.07) is 15.4. The smallest absolute Gasteiger partial charge is 0.251 e. The SMILES string of the molecule is O=C(NCc1ccc(Cn2cncn2)cc1)c1ccc(Br)cc1. The number of aromatic nitrogens is 3. The van der Waals surface area contributed by atoms with Crippen LogP contribution in [0.15, 0.2) is 65.7 Å². The van der Waals surface area contributed by atoms with Crippen molar-refractivity contribution < 1.29 is 4.79 Å². The second-order valence-corrected chi connectivity index (χ2v) is 6.01. The van der Waals surface area contributed by atoms with E-state index in [1.54, 1.807) is 23.1 Å². The van der Waals surface area contributed by atoms with Gasteiger partial charge in [-0.2, -0.15) is 5.10 Å². The molecule has 0 atom stereocenters. The first-order chi connectivity index (χ1) is 11.2. The Morgan fingerprint density at radius 2 is 1.74 bits per heavy atom. The largest absolute Gasteiger partial charge is 0.348 e. The van der Waals surface area contributed by atoms with Crippen molar-refractivity contribution in [3.05, 3.63) is 82.3 Å². The molecule has 0 spiro atoms. The van der Waals surface area contributed by atoms with Crippen molar-refractivity contribution in [2.75, 3.05) is 0 Å². The molecule has 1 heterocycles. The summed E-state index contributed by atoms with van der Waals surface area (Å²) in [4.78, 5) is 16.0. The van der Waals surface area contributed by atoms with Gasteiger partial charge in [-0.15, -0.1) is 0 Å². The van der Waals surface area contributed by atoms with Gasteiger partial charge in [-0.1, -0.05) is 40.2 Å². The normalized spacial score (nSPS) is 10.5. The third kappa shape index (κ3) is 4.26. The molecule has 6 heteroatoms. The number of nitrogens with zero attached hydrogens (tertiary/aromatic N) is 3. The molecule has 1 N–H and O–H groups in total. The molecule has 0 saturated carbocycles. The number of carbonyl (C=O) groups is 1. The van der Waals surface area contributed by atoms with Gasteiger partial charge in [0, 0.05) is 16.6 Å². The molecule has 0 radical (unpaired) electrons. The summed E-state index contributed by atoms with van der Waals surface area (Å²) in [5.41, 5.74) is 2.84. The van der Waals surface area contributed by atoms with Gasteiger partial charge in [-0.25, -0.2) is 9.67 Å². The molecule has 116 valence electrons. The minimum Gasteiger partial charge on any atom is -0.348 e. The first kappa shape index (κ1) is 15.4. The molecule has 2 aromatic carbocycles. The van der Waals surface area contributed by atoms with Gasteiger partial charge in [0.2, 0.25) is 0 Å². The molecule has 0 aliphatic rings. The summed E-state index contributed by atoms with van der Waals surface area (Å²) >= 11 is 3.36. The fourth-order valence-corrected chi connectivity index (χ4v) is 2.41. The molecule has 0 fully saturated rings. The molecule has 1 aromatic heterocycles. The number of nitrogens with one attached hydrogen (secondary N) is 1. The van der Waals surface area contributed by atoms with Crippen LogP contribution < -0.4 is 5.32 Å². The number of hydrogen-bond acceptors (Lipinski definition) is 3. The van der Waals surface area contributed by atoms with Gasteiger partial charge in [-0.3, -0.25) is 4.79 Å². The van der Waals surface area contributed by atoms with Crippen molar-refractivity contribution in [2.24, 2.45) is 0 Å². The third-order valence-electron chi connectivity index (χ3n) is 3.39. The lowest BCUT2D eigenvalue weighted by atomic mass is 10.1. The van der Waals surface area contributed by atoms with Gasteiger partial charge in [0.1, 0.15) is 12.7 Å². The monoisotopic (exact) mass is 370 g/mol. The average molecular weight is 371 g/mol. The average Bonchev–Trinajstić information content (AvgIpc) is 3.07. The maximum atomic E-state index is 12.1. The predicted molar refractivity (Wildman–Crippen MR) is 90.9 cm³/mol. The van der Waals surface area contributed by atoms with Crippen LogP contribution >= 0.6 is 15.9 Å². The van der Waals surface area contributed by atoms with Crippen LogP contribution in [0.3, 0.4) is 0 Å². The highest BCUT2D eigenvalue weighted by molar-refractivity contribution is 9.10. The van der Waals surface area contributed by atoms with Crippen LogP contribution in [-0.4, -0.2) is 20.7 Å². The van der Waals surface area contributed by atoms with Crippen LogP contribution in [0, 0.1) is 0 Å². The Hall–Kier alpha value is -2.47. The van der Waals surface area contributed by atoms with E-state index < -0.39 is 0 Å². The van der Waals surface area contributed by atoms with Crippen molar-refractivity contribution in [1.29, 1.82) is 0 Å². The summed E-state index contributed by atoms with van der Waals surface area (Å²) < 4.78 is 2.72. The van der Waals surface area contributed by atoms with E-state index in [0.717, 1.165) is 15.6 Å². The standard InChI is InChI=1S/C17H15BrN4O/c18-16-7-5-15(6-8-16)17(23)20-9-13-1-3-14(4-2-13)10-22-12-19-11-21-22/h1-8,11-12H,9-10H2,(H,20,23). The van der Waals surface area contributed by atoms with Crippen molar-refractivity contribution in [3.63, 3.8) is 0 Å². The number of carbonyl (C=O) groups excluding carboxylic acids is 1. The lowest BCUT2D eigenvalue weighted by Crippen LogP contribution is -2.22. The summed E-state index contributed by atoms with van der Waals surface area (Å²) in [7, 11) is 0. The van der Waals surface area contributed by atoms with Crippen LogP contribution in [-0.2, 0) is 13.1 Å². The van der Waals surface area contributed by atoms with Gasteiger partial charge in [0.15, 0.2) is 0 Å². The second-order valence-electron chi connectivity index (χ2n) is 5.10. The highest BCUT2D eigenvalue weighted by atomic mass is 79.9. The number of rotatable bonds is 5. The van der Waals surface area contributed by atoms with E-state index in [0.29, 0.717) is 18.7 Å². The van der Waals surface area contributed by atoms with E-state index in [4.69, 9.17) is 0 Å². The highest BCUT2D eigenvalue weighted by Crippen LogP contribution is 2.11. The Morgan fingerprint density at radius 1 is 1.04 bits per heavy atom. The van der Waals surface area contributed by atoms with Crippen LogP contribution in [0.25, 0.3) is 0 Å². The van der Waals surface area contributed by atoms with Gasteiger partial charge < -0.3 is 5.32 Å². The zero-order valence-electron chi connectivity index (χ0n) is 12.3. The van der Waals surface area contributed by atoms with Crippen molar-refractivity contribution in [1.82, 2.24) is 20.1 Å². The Labute approximate surface area is 142 Å². The van der Waals surface area contributed by atoms with E-state index in [-0.39, 0.29) is 5.91 Å². The van der Waals surface area contributed by atoms with E-state index in [1.165, 1.54) is 6.33 Å². The molecular weight excluding hydrogens is 356 g/mol. The Balaban J connectivity index is 1.56. The second kappa shape index (κ2) is 7.19. The van der Waals surface area contributed by atoms with E-state index in [1.807, 2.05) is 36.4 Å². The first-order valence-corrected chi connectivity index (χ1v) is 7.94. The minimum atomic E-state index is -0.0795. The number of hydrogen-bond donors (Lipinski definition) is 1. The van der Waals surface area contributed by atoms with Crippen LogP contribution in [0.5, 0.6) is 0 Å². The quantitative estimate of drug-likeness (QED) is 0.750. The fraction of sp³-hybridized carbons (Fsp3) is 0.118. The number of amides is 1. The molecular formula is C17H15BrN4O. The van der Waals surface area contributed by atoms with E-state index in [9.17, 15) is 4.79 Å². The maximum Gasteiger partial charge on any atom is 0.251 e. The van der Waals surface area contributed by atoms with Crippen LogP contribution in [0.4, 0.5) is 0 Å². The first-order valence-electron chi connectivity index (χ1n) is 7.15. The summed E-state index contributed by atoms with van der Waals surface area (Å²) in [5.74, 6) is -0.0795. The molecule has 0 saturated heterocycles. The molecule has 1 amide bonds. The predicted octanol–water partition coefficient (Wildman–Crippen LogP) is 3.02. The molecule has 0 aliphatic heterocycles. The Morgan fingerprint density at radius 3 is 2.39 bits per heavy atom. The van der Waals surface area contributed by atoms with Gasteiger partial charge in [-0.05, 0) is 35.4 Å². The minimum absolute atomic E-state index is 0.0795. The lowest BCUT2D eigenvalue weighted by Gasteiger charge is -2.07. The fourth-order valence-electron chi connectivity index (χ4n) is 2.15. The molecule has 3 rings (SSSR count). The molecule has 0 bridgehead atoms. The van der Waals surface area contributed by atoms with Crippen LogP contribution in [0.2, 0.25) is 0 Å². The lowest BCUT2D eigenvalue weighted by molar-refractivity contribution is 0.0951. The third-order valence-corrected chi connectivity index (χ3v) is 3.92. The topological polar surface area (TPSA) is 59.8 Å². The summed E-state index contributed by atoms with van der Waals surface area (Å²) in [6.07, 6.45) is 3.21. The van der Waals surface area contributed by atoms with Crippen molar-refractivity contribution >= 4 is 21.8 Å². The highest BCUT2D eigenvalue weighted by Gasteiger charge is 2.05. The molecule has 0 unspecified atom stereocenters. The van der Waals surface area contributed by atoms with Gasteiger partial charge >= 0.3 is 0 Å². The summed E-state index contributed by atoms with van der Waals surface area (Å²) in [5, 5.41) is 7.00. The Bertz CT molecular complexity index is 767. The van der Waals surface area contributed by atoms with Crippen molar-refractivity contribution in [2.45, 2.75) is 13.1 Å². The van der Waals surface area contributed by atoms with E-state index >= 15 is 0 Å². The summed E-state index contributed by atoms with van der Waals surface area (Å²) in [6.45, 7) is 1.18. The van der Waals surface area contributed by atoms with Gasteiger partial charge in [0.25, 0.3) is 5.91 Å². The molecule has 5 nitrogen and oxygen atoms in total. The molecule has 23 heavy (non-hydrogen) atoms. The van der Waals surface area contributed by atoms with Crippen LogP contribution in [0.1, 0.15) is 21.5 Å². The van der Waals surface area contributed by atoms with Gasteiger partial charge in [0.05, 0.1) is 6.54 Å². The zero-order chi connectivity index (χ0) is 16.1. The molecule has 3 aromatic rings. The molecule has 0 aliphatic carbocycles. The van der Waals surface area contributed by atoms with E-state index in [2.05, 4.69) is 31.3 Å². The number of benzene rings is 2.